The first-order chi connectivity index (χ1) is 11.3. The number of amides is 1. The predicted molar refractivity (Wildman–Crippen MR) is 98.1 cm³/mol. The van der Waals surface area contributed by atoms with Crippen molar-refractivity contribution in [3.05, 3.63) is 57.4 Å². The van der Waals surface area contributed by atoms with Crippen molar-refractivity contribution in [1.29, 1.82) is 0 Å². The van der Waals surface area contributed by atoms with Crippen LogP contribution in [0.25, 0.3) is 0 Å². The summed E-state index contributed by atoms with van der Waals surface area (Å²) in [6.07, 6.45) is 3.78. The van der Waals surface area contributed by atoms with Crippen LogP contribution in [0.5, 0.6) is 0 Å². The Balaban J connectivity index is 1.96. The minimum Gasteiger partial charge on any atom is -0.352 e. The summed E-state index contributed by atoms with van der Waals surface area (Å²) in [5.41, 5.74) is 1.41. The summed E-state index contributed by atoms with van der Waals surface area (Å²) in [7, 11) is 0. The van der Waals surface area contributed by atoms with Gasteiger partial charge in [0, 0.05) is 12.6 Å². The van der Waals surface area contributed by atoms with E-state index in [2.05, 4.69) is 5.32 Å². The van der Waals surface area contributed by atoms with Crippen molar-refractivity contribution < 1.29 is 9.18 Å². The van der Waals surface area contributed by atoms with Crippen LogP contribution >= 0.6 is 23.2 Å². The van der Waals surface area contributed by atoms with Crippen molar-refractivity contribution in [2.75, 3.05) is 6.54 Å². The molecule has 1 aliphatic rings. The normalized spacial score (nSPS) is 21.1. The number of rotatable bonds is 6. The maximum absolute atomic E-state index is 14.2. The first kappa shape index (κ1) is 19.0. The van der Waals surface area contributed by atoms with Crippen LogP contribution in [0.4, 0.5) is 4.39 Å². The SMILES string of the molecule is CC(=C\C(=O)NCC(C)C)/C(F)=C/C1CC1c1ccc(Cl)c(Cl)c1. The average molecular weight is 370 g/mol. The standard InChI is InChI=1S/C19H22Cl2FNO/c1-11(2)10-23-19(24)6-12(3)18(22)9-14-7-15(14)13-4-5-16(20)17(21)8-13/h4-6,8-9,11,14-15H,7,10H2,1-3H3,(H,23,24)/b12-6+,18-9-. The third-order valence-corrected chi connectivity index (χ3v) is 4.72. The molecule has 1 fully saturated rings. The zero-order valence-electron chi connectivity index (χ0n) is 14.1. The first-order valence-electron chi connectivity index (χ1n) is 8.06. The molecule has 0 spiro atoms. The molecule has 0 saturated heterocycles. The maximum Gasteiger partial charge on any atom is 0.244 e. The molecule has 130 valence electrons. The van der Waals surface area contributed by atoms with Crippen molar-refractivity contribution >= 4 is 29.1 Å². The summed E-state index contributed by atoms with van der Waals surface area (Å²) >= 11 is 11.9. The fraction of sp³-hybridized carbons (Fsp3) is 0.421. The molecule has 1 N–H and O–H groups in total. The molecule has 1 amide bonds. The summed E-state index contributed by atoms with van der Waals surface area (Å²) in [4.78, 5) is 11.7. The van der Waals surface area contributed by atoms with Crippen molar-refractivity contribution in [2.24, 2.45) is 11.8 Å². The molecule has 1 aliphatic carbocycles. The molecule has 5 heteroatoms. The molecule has 0 aromatic heterocycles. The maximum atomic E-state index is 14.2. The molecular formula is C19H22Cl2FNO. The van der Waals surface area contributed by atoms with Gasteiger partial charge in [-0.15, -0.1) is 0 Å². The van der Waals surface area contributed by atoms with Crippen LogP contribution in [0.3, 0.4) is 0 Å². The zero-order valence-corrected chi connectivity index (χ0v) is 15.6. The van der Waals surface area contributed by atoms with E-state index in [9.17, 15) is 9.18 Å². The molecule has 24 heavy (non-hydrogen) atoms. The average Bonchev–Trinajstić information content (AvgIpc) is 3.27. The monoisotopic (exact) mass is 369 g/mol. The highest BCUT2D eigenvalue weighted by molar-refractivity contribution is 6.42. The Morgan fingerprint density at radius 2 is 2.08 bits per heavy atom. The molecule has 0 bridgehead atoms. The third kappa shape index (κ3) is 5.35. The minimum atomic E-state index is -0.345. The Hall–Kier alpha value is -1.32. The Morgan fingerprint density at radius 1 is 1.38 bits per heavy atom. The van der Waals surface area contributed by atoms with Gasteiger partial charge in [-0.3, -0.25) is 4.79 Å². The topological polar surface area (TPSA) is 29.1 Å². The summed E-state index contributed by atoms with van der Waals surface area (Å²) < 4.78 is 14.2. The van der Waals surface area contributed by atoms with Gasteiger partial charge in [-0.05, 0) is 60.4 Å². The van der Waals surface area contributed by atoms with Gasteiger partial charge < -0.3 is 5.32 Å². The van der Waals surface area contributed by atoms with E-state index in [1.165, 1.54) is 6.08 Å². The van der Waals surface area contributed by atoms with Gasteiger partial charge in [-0.25, -0.2) is 4.39 Å². The number of halogens is 3. The van der Waals surface area contributed by atoms with Crippen LogP contribution in [0.15, 0.2) is 41.8 Å². The van der Waals surface area contributed by atoms with E-state index in [1.807, 2.05) is 26.0 Å². The van der Waals surface area contributed by atoms with E-state index in [-0.39, 0.29) is 23.6 Å². The highest BCUT2D eigenvalue weighted by Gasteiger charge is 2.37. The number of allylic oxidation sites excluding steroid dienone is 3. The van der Waals surface area contributed by atoms with Crippen molar-refractivity contribution in [2.45, 2.75) is 33.1 Å². The molecule has 2 rings (SSSR count). The number of hydrogen-bond donors (Lipinski definition) is 1. The van der Waals surface area contributed by atoms with Crippen LogP contribution < -0.4 is 5.32 Å². The van der Waals surface area contributed by atoms with E-state index in [0.717, 1.165) is 12.0 Å². The van der Waals surface area contributed by atoms with Crippen LogP contribution in [0, 0.1) is 11.8 Å². The van der Waals surface area contributed by atoms with Crippen molar-refractivity contribution in [3.63, 3.8) is 0 Å². The Kier molecular flexibility index (Phi) is 6.47. The fourth-order valence-electron chi connectivity index (χ4n) is 2.47. The Bertz CT molecular complexity index is 682. The lowest BCUT2D eigenvalue weighted by molar-refractivity contribution is -0.116. The van der Waals surface area contributed by atoms with Gasteiger partial charge in [-0.2, -0.15) is 0 Å². The summed E-state index contributed by atoms with van der Waals surface area (Å²) in [6, 6.07) is 5.52. The van der Waals surface area contributed by atoms with Crippen molar-refractivity contribution in [1.82, 2.24) is 5.32 Å². The van der Waals surface area contributed by atoms with Gasteiger partial charge in [-0.1, -0.05) is 43.1 Å². The van der Waals surface area contributed by atoms with E-state index in [0.29, 0.717) is 28.1 Å². The molecule has 0 radical (unpaired) electrons. The lowest BCUT2D eigenvalue weighted by atomic mass is 10.1. The number of carbonyl (C=O) groups is 1. The number of hydrogen-bond acceptors (Lipinski definition) is 1. The lowest BCUT2D eigenvalue weighted by Crippen LogP contribution is -2.25. The lowest BCUT2D eigenvalue weighted by Gasteiger charge is -2.05. The number of nitrogens with one attached hydrogen (secondary N) is 1. The van der Waals surface area contributed by atoms with Gasteiger partial charge in [0.15, 0.2) is 0 Å². The van der Waals surface area contributed by atoms with E-state index >= 15 is 0 Å². The Morgan fingerprint density at radius 3 is 2.71 bits per heavy atom. The molecule has 2 atom stereocenters. The minimum absolute atomic E-state index is 0.129. The zero-order chi connectivity index (χ0) is 17.9. The Labute approximate surface area is 152 Å². The number of carbonyl (C=O) groups excluding carboxylic acids is 1. The molecule has 2 nitrogen and oxygen atoms in total. The van der Waals surface area contributed by atoms with Crippen molar-refractivity contribution in [3.8, 4) is 0 Å². The summed E-state index contributed by atoms with van der Waals surface area (Å²) in [6.45, 7) is 6.20. The van der Waals surface area contributed by atoms with Gasteiger partial charge in [0.05, 0.1) is 10.0 Å². The second kappa shape index (κ2) is 8.17. The van der Waals surface area contributed by atoms with Crippen LogP contribution in [-0.2, 0) is 4.79 Å². The summed E-state index contributed by atoms with van der Waals surface area (Å²) in [5.74, 6) is 0.141. The molecule has 1 saturated carbocycles. The van der Waals surface area contributed by atoms with E-state index < -0.39 is 0 Å². The van der Waals surface area contributed by atoms with Gasteiger partial charge in [0.2, 0.25) is 5.91 Å². The smallest absolute Gasteiger partial charge is 0.244 e. The van der Waals surface area contributed by atoms with Gasteiger partial charge in [0.25, 0.3) is 0 Å². The second-order valence-corrected chi connectivity index (χ2v) is 7.47. The predicted octanol–water partition coefficient (Wildman–Crippen LogP) is 5.67. The molecule has 1 aromatic rings. The van der Waals surface area contributed by atoms with Crippen LogP contribution in [-0.4, -0.2) is 12.5 Å². The quantitative estimate of drug-likeness (QED) is 0.507. The van der Waals surface area contributed by atoms with Crippen LogP contribution in [0.1, 0.15) is 38.7 Å². The summed E-state index contributed by atoms with van der Waals surface area (Å²) in [5, 5.41) is 3.78. The highest BCUT2D eigenvalue weighted by Crippen LogP contribution is 2.50. The van der Waals surface area contributed by atoms with Gasteiger partial charge in [0.1, 0.15) is 5.83 Å². The molecule has 1 aromatic carbocycles. The largest absolute Gasteiger partial charge is 0.352 e. The molecule has 0 heterocycles. The highest BCUT2D eigenvalue weighted by atomic mass is 35.5. The first-order valence-corrected chi connectivity index (χ1v) is 8.82. The number of benzene rings is 1. The van der Waals surface area contributed by atoms with E-state index in [1.54, 1.807) is 19.1 Å². The van der Waals surface area contributed by atoms with Gasteiger partial charge >= 0.3 is 0 Å². The fourth-order valence-corrected chi connectivity index (χ4v) is 2.77. The molecule has 0 aliphatic heterocycles. The van der Waals surface area contributed by atoms with E-state index in [4.69, 9.17) is 23.2 Å². The second-order valence-electron chi connectivity index (χ2n) is 6.66. The molecular weight excluding hydrogens is 348 g/mol. The van der Waals surface area contributed by atoms with Crippen LogP contribution in [0.2, 0.25) is 10.0 Å². The third-order valence-electron chi connectivity index (χ3n) is 3.98. The molecule has 2 unspecified atom stereocenters.